The lowest BCUT2D eigenvalue weighted by atomic mass is 9.86. The standard InChI is InChI=1S/C15H22O/c1-10(2)15(13(5)16)9-14-7-6-11(3)12(4)8-14/h6-8,10,15H,9H2,1-5H3. The third-order valence-electron chi connectivity index (χ3n) is 3.35. The fourth-order valence-electron chi connectivity index (χ4n) is 2.03. The highest BCUT2D eigenvalue weighted by Crippen LogP contribution is 2.20. The van der Waals surface area contributed by atoms with E-state index >= 15 is 0 Å². The van der Waals surface area contributed by atoms with Crippen LogP contribution in [0.4, 0.5) is 0 Å². The molecule has 1 nitrogen and oxygen atoms in total. The normalized spacial score (nSPS) is 12.9. The number of hydrogen-bond acceptors (Lipinski definition) is 1. The number of carbonyl (C=O) groups is 1. The van der Waals surface area contributed by atoms with Crippen molar-refractivity contribution < 1.29 is 4.79 Å². The molecule has 1 heteroatoms. The van der Waals surface area contributed by atoms with Crippen molar-refractivity contribution in [2.45, 2.75) is 41.0 Å². The Morgan fingerprint density at radius 1 is 1.19 bits per heavy atom. The molecule has 1 atom stereocenters. The van der Waals surface area contributed by atoms with Crippen molar-refractivity contribution >= 4 is 5.78 Å². The topological polar surface area (TPSA) is 17.1 Å². The maximum Gasteiger partial charge on any atom is 0.133 e. The van der Waals surface area contributed by atoms with Crippen LogP contribution in [-0.4, -0.2) is 5.78 Å². The van der Waals surface area contributed by atoms with Gasteiger partial charge in [-0.05, 0) is 49.8 Å². The van der Waals surface area contributed by atoms with E-state index in [0.717, 1.165) is 6.42 Å². The zero-order chi connectivity index (χ0) is 12.3. The third-order valence-corrected chi connectivity index (χ3v) is 3.35. The monoisotopic (exact) mass is 218 g/mol. The van der Waals surface area contributed by atoms with Gasteiger partial charge in [0.2, 0.25) is 0 Å². The highest BCUT2D eigenvalue weighted by atomic mass is 16.1. The summed E-state index contributed by atoms with van der Waals surface area (Å²) in [4.78, 5) is 11.5. The summed E-state index contributed by atoms with van der Waals surface area (Å²) in [5.74, 6) is 0.870. The van der Waals surface area contributed by atoms with Gasteiger partial charge < -0.3 is 0 Å². The molecule has 0 amide bonds. The number of Topliss-reactive ketones (excluding diaryl/α,β-unsaturated/α-hetero) is 1. The Bertz CT molecular complexity index is 377. The molecule has 1 aromatic rings. The summed E-state index contributed by atoms with van der Waals surface area (Å²) < 4.78 is 0. The number of ketones is 1. The van der Waals surface area contributed by atoms with Crippen molar-refractivity contribution in [3.63, 3.8) is 0 Å². The van der Waals surface area contributed by atoms with Crippen LogP contribution in [0.3, 0.4) is 0 Å². The van der Waals surface area contributed by atoms with Crippen LogP contribution in [0, 0.1) is 25.7 Å². The average molecular weight is 218 g/mol. The first kappa shape index (κ1) is 13.0. The molecule has 0 N–H and O–H groups in total. The lowest BCUT2D eigenvalue weighted by Crippen LogP contribution is -2.20. The van der Waals surface area contributed by atoms with Crippen LogP contribution in [-0.2, 0) is 11.2 Å². The van der Waals surface area contributed by atoms with E-state index in [2.05, 4.69) is 45.9 Å². The smallest absolute Gasteiger partial charge is 0.133 e. The third kappa shape index (κ3) is 3.19. The molecule has 0 aliphatic rings. The molecule has 1 unspecified atom stereocenters. The number of carbonyl (C=O) groups excluding carboxylic acids is 1. The molecule has 88 valence electrons. The van der Waals surface area contributed by atoms with Crippen LogP contribution in [0.1, 0.15) is 37.5 Å². The van der Waals surface area contributed by atoms with Gasteiger partial charge in [0.15, 0.2) is 0 Å². The molecule has 0 saturated carbocycles. The van der Waals surface area contributed by atoms with E-state index in [1.807, 2.05) is 0 Å². The van der Waals surface area contributed by atoms with Gasteiger partial charge in [0.25, 0.3) is 0 Å². The SMILES string of the molecule is CC(=O)C(Cc1ccc(C)c(C)c1)C(C)C. The molecular formula is C15H22O. The minimum absolute atomic E-state index is 0.155. The molecule has 1 rings (SSSR count). The summed E-state index contributed by atoms with van der Waals surface area (Å²) in [6, 6.07) is 6.48. The fraction of sp³-hybridized carbons (Fsp3) is 0.533. The van der Waals surface area contributed by atoms with Gasteiger partial charge >= 0.3 is 0 Å². The van der Waals surface area contributed by atoms with Crippen molar-refractivity contribution in [3.8, 4) is 0 Å². The van der Waals surface area contributed by atoms with Crippen LogP contribution >= 0.6 is 0 Å². The summed E-state index contributed by atoms with van der Waals surface area (Å²) in [5.41, 5.74) is 3.90. The Balaban J connectivity index is 2.86. The van der Waals surface area contributed by atoms with E-state index in [0.29, 0.717) is 11.7 Å². The molecule has 16 heavy (non-hydrogen) atoms. The van der Waals surface area contributed by atoms with E-state index in [-0.39, 0.29) is 5.92 Å². The predicted octanol–water partition coefficient (Wildman–Crippen LogP) is 3.71. The van der Waals surface area contributed by atoms with E-state index in [9.17, 15) is 4.79 Å². The van der Waals surface area contributed by atoms with Crippen molar-refractivity contribution in [3.05, 3.63) is 34.9 Å². The van der Waals surface area contributed by atoms with Crippen LogP contribution in [0.5, 0.6) is 0 Å². The zero-order valence-electron chi connectivity index (χ0n) is 11.0. The molecule has 0 fully saturated rings. The Morgan fingerprint density at radius 3 is 2.25 bits per heavy atom. The molecular weight excluding hydrogens is 196 g/mol. The van der Waals surface area contributed by atoms with Gasteiger partial charge in [-0.1, -0.05) is 32.0 Å². The summed E-state index contributed by atoms with van der Waals surface area (Å²) >= 11 is 0. The molecule has 0 aliphatic heterocycles. The summed E-state index contributed by atoms with van der Waals surface area (Å²) in [5, 5.41) is 0. The second kappa shape index (κ2) is 5.29. The van der Waals surface area contributed by atoms with E-state index in [1.54, 1.807) is 6.92 Å². The molecule has 0 bridgehead atoms. The lowest BCUT2D eigenvalue weighted by molar-refractivity contribution is -0.121. The number of aryl methyl sites for hydroxylation is 2. The van der Waals surface area contributed by atoms with Gasteiger partial charge in [-0.3, -0.25) is 4.79 Å². The van der Waals surface area contributed by atoms with E-state index in [1.165, 1.54) is 16.7 Å². The largest absolute Gasteiger partial charge is 0.300 e. The number of benzene rings is 1. The molecule has 0 heterocycles. The highest BCUT2D eigenvalue weighted by molar-refractivity contribution is 5.78. The Kier molecular flexibility index (Phi) is 4.28. The molecule has 0 aromatic heterocycles. The predicted molar refractivity (Wildman–Crippen MR) is 68.6 cm³/mol. The zero-order valence-corrected chi connectivity index (χ0v) is 11.0. The molecule has 0 radical (unpaired) electrons. The van der Waals surface area contributed by atoms with Crippen molar-refractivity contribution in [2.24, 2.45) is 11.8 Å². The molecule has 0 aliphatic carbocycles. The maximum absolute atomic E-state index is 11.5. The second-order valence-corrected chi connectivity index (χ2v) is 5.08. The van der Waals surface area contributed by atoms with Gasteiger partial charge in [-0.2, -0.15) is 0 Å². The number of rotatable bonds is 4. The van der Waals surface area contributed by atoms with Crippen LogP contribution in [0.25, 0.3) is 0 Å². The maximum atomic E-state index is 11.5. The van der Waals surface area contributed by atoms with Gasteiger partial charge in [-0.15, -0.1) is 0 Å². The first-order chi connectivity index (χ1) is 7.41. The van der Waals surface area contributed by atoms with Crippen LogP contribution in [0.15, 0.2) is 18.2 Å². The van der Waals surface area contributed by atoms with Crippen molar-refractivity contribution in [1.29, 1.82) is 0 Å². The molecule has 1 aromatic carbocycles. The second-order valence-electron chi connectivity index (χ2n) is 5.08. The number of hydrogen-bond donors (Lipinski definition) is 0. The highest BCUT2D eigenvalue weighted by Gasteiger charge is 2.18. The Hall–Kier alpha value is -1.11. The summed E-state index contributed by atoms with van der Waals surface area (Å²) in [6.45, 7) is 10.2. The summed E-state index contributed by atoms with van der Waals surface area (Å²) in [6.07, 6.45) is 0.869. The fourth-order valence-corrected chi connectivity index (χ4v) is 2.03. The Morgan fingerprint density at radius 2 is 1.81 bits per heavy atom. The van der Waals surface area contributed by atoms with Gasteiger partial charge in [-0.25, -0.2) is 0 Å². The van der Waals surface area contributed by atoms with E-state index in [4.69, 9.17) is 0 Å². The minimum Gasteiger partial charge on any atom is -0.300 e. The van der Waals surface area contributed by atoms with Crippen molar-refractivity contribution in [1.82, 2.24) is 0 Å². The quantitative estimate of drug-likeness (QED) is 0.753. The molecule has 0 saturated heterocycles. The summed E-state index contributed by atoms with van der Waals surface area (Å²) in [7, 11) is 0. The van der Waals surface area contributed by atoms with Gasteiger partial charge in [0.1, 0.15) is 5.78 Å². The first-order valence-corrected chi connectivity index (χ1v) is 5.98. The minimum atomic E-state index is 0.155. The average Bonchev–Trinajstić information content (AvgIpc) is 2.18. The van der Waals surface area contributed by atoms with Crippen LogP contribution in [0.2, 0.25) is 0 Å². The first-order valence-electron chi connectivity index (χ1n) is 5.98. The molecule has 0 spiro atoms. The van der Waals surface area contributed by atoms with Gasteiger partial charge in [0, 0.05) is 5.92 Å². The van der Waals surface area contributed by atoms with Gasteiger partial charge in [0.05, 0.1) is 0 Å². The lowest BCUT2D eigenvalue weighted by Gasteiger charge is -2.18. The van der Waals surface area contributed by atoms with Crippen molar-refractivity contribution in [2.75, 3.05) is 0 Å². The van der Waals surface area contributed by atoms with E-state index < -0.39 is 0 Å². The Labute approximate surface area is 98.9 Å². The van der Waals surface area contributed by atoms with Crippen LogP contribution < -0.4 is 0 Å².